The number of amides is 1. The van der Waals surface area contributed by atoms with Crippen molar-refractivity contribution in [3.63, 3.8) is 0 Å². The third-order valence-corrected chi connectivity index (χ3v) is 3.31. The van der Waals surface area contributed by atoms with Gasteiger partial charge in [0.1, 0.15) is 5.82 Å². The van der Waals surface area contributed by atoms with Crippen molar-refractivity contribution in [2.45, 2.75) is 0 Å². The van der Waals surface area contributed by atoms with Crippen LogP contribution < -0.4 is 5.32 Å². The highest BCUT2D eigenvalue weighted by molar-refractivity contribution is 6.33. The Morgan fingerprint density at radius 3 is 2.84 bits per heavy atom. The molecule has 0 radical (unpaired) electrons. The van der Waals surface area contributed by atoms with Crippen LogP contribution in [0.25, 0.3) is 0 Å². The first-order valence-corrected chi connectivity index (χ1v) is 6.58. The Labute approximate surface area is 116 Å². The Morgan fingerprint density at radius 2 is 2.16 bits per heavy atom. The summed E-state index contributed by atoms with van der Waals surface area (Å²) in [5.74, 6) is -0.729. The molecule has 1 aromatic carbocycles. The monoisotopic (exact) mass is 286 g/mol. The number of nitrogens with zero attached hydrogens (tertiary/aromatic N) is 1. The van der Waals surface area contributed by atoms with Crippen LogP contribution in [0.15, 0.2) is 18.2 Å². The molecule has 0 saturated carbocycles. The Bertz CT molecular complexity index is 450. The first kappa shape index (κ1) is 14.2. The van der Waals surface area contributed by atoms with Gasteiger partial charge in [-0.15, -0.1) is 0 Å². The summed E-state index contributed by atoms with van der Waals surface area (Å²) in [5, 5.41) is 2.91. The molecule has 0 unspecified atom stereocenters. The van der Waals surface area contributed by atoms with E-state index in [2.05, 4.69) is 10.2 Å². The highest BCUT2D eigenvalue weighted by atomic mass is 35.5. The Kier molecular flexibility index (Phi) is 5.13. The first-order valence-electron chi connectivity index (χ1n) is 6.20. The normalized spacial score (nSPS) is 16.3. The summed E-state index contributed by atoms with van der Waals surface area (Å²) < 4.78 is 18.1. The van der Waals surface area contributed by atoms with Crippen molar-refractivity contribution < 1.29 is 13.9 Å². The number of halogens is 2. The third kappa shape index (κ3) is 4.16. The number of rotatable bonds is 4. The van der Waals surface area contributed by atoms with Crippen molar-refractivity contribution >= 4 is 17.5 Å². The molecule has 1 aromatic rings. The summed E-state index contributed by atoms with van der Waals surface area (Å²) in [5.41, 5.74) is 0.296. The number of ether oxygens (including phenoxy) is 1. The quantitative estimate of drug-likeness (QED) is 0.913. The fraction of sp³-hybridized carbons (Fsp3) is 0.462. The summed E-state index contributed by atoms with van der Waals surface area (Å²) in [6.45, 7) is 4.54. The fourth-order valence-electron chi connectivity index (χ4n) is 1.92. The van der Waals surface area contributed by atoms with Crippen LogP contribution >= 0.6 is 11.6 Å². The highest BCUT2D eigenvalue weighted by Crippen LogP contribution is 2.16. The molecule has 19 heavy (non-hydrogen) atoms. The van der Waals surface area contributed by atoms with E-state index in [-0.39, 0.29) is 10.9 Å². The number of hydrogen-bond donors (Lipinski definition) is 1. The average molecular weight is 287 g/mol. The molecule has 1 saturated heterocycles. The summed E-state index contributed by atoms with van der Waals surface area (Å²) in [4.78, 5) is 14.1. The molecule has 1 heterocycles. The van der Waals surface area contributed by atoms with Crippen molar-refractivity contribution in [2.75, 3.05) is 39.4 Å². The van der Waals surface area contributed by atoms with E-state index < -0.39 is 5.82 Å². The van der Waals surface area contributed by atoms with E-state index in [0.29, 0.717) is 12.1 Å². The fourth-order valence-corrected chi connectivity index (χ4v) is 2.17. The maximum Gasteiger partial charge on any atom is 0.252 e. The molecule has 6 heteroatoms. The second-order valence-electron chi connectivity index (χ2n) is 4.33. The van der Waals surface area contributed by atoms with Crippen LogP contribution in [-0.4, -0.2) is 50.2 Å². The van der Waals surface area contributed by atoms with E-state index in [1.54, 1.807) is 0 Å². The number of benzene rings is 1. The van der Waals surface area contributed by atoms with E-state index in [1.165, 1.54) is 12.1 Å². The van der Waals surface area contributed by atoms with Crippen molar-refractivity contribution in [3.05, 3.63) is 34.6 Å². The zero-order valence-electron chi connectivity index (χ0n) is 10.5. The van der Waals surface area contributed by atoms with Crippen LogP contribution in [0.1, 0.15) is 10.4 Å². The number of carbonyl (C=O) groups excluding carboxylic acids is 1. The van der Waals surface area contributed by atoms with Gasteiger partial charge in [0.15, 0.2) is 0 Å². The van der Waals surface area contributed by atoms with Crippen molar-refractivity contribution in [3.8, 4) is 0 Å². The van der Waals surface area contributed by atoms with Gasteiger partial charge in [-0.2, -0.15) is 0 Å². The molecule has 0 aliphatic carbocycles. The zero-order chi connectivity index (χ0) is 13.7. The van der Waals surface area contributed by atoms with E-state index in [1.807, 2.05) is 0 Å². The van der Waals surface area contributed by atoms with E-state index in [4.69, 9.17) is 16.3 Å². The van der Waals surface area contributed by atoms with Crippen LogP contribution in [-0.2, 0) is 4.74 Å². The number of nitrogens with one attached hydrogen (secondary N) is 1. The number of carbonyl (C=O) groups is 1. The van der Waals surface area contributed by atoms with E-state index >= 15 is 0 Å². The molecule has 2 rings (SSSR count). The van der Waals surface area contributed by atoms with Crippen molar-refractivity contribution in [2.24, 2.45) is 0 Å². The van der Waals surface area contributed by atoms with Gasteiger partial charge in [-0.3, -0.25) is 9.69 Å². The highest BCUT2D eigenvalue weighted by Gasteiger charge is 2.13. The minimum absolute atomic E-state index is 0.129. The van der Waals surface area contributed by atoms with Crippen LogP contribution in [0.4, 0.5) is 4.39 Å². The Morgan fingerprint density at radius 1 is 1.42 bits per heavy atom. The summed E-state index contributed by atoms with van der Waals surface area (Å²) in [6, 6.07) is 3.75. The van der Waals surface area contributed by atoms with E-state index in [9.17, 15) is 9.18 Å². The number of morpholine rings is 1. The Hall–Kier alpha value is -1.17. The second-order valence-corrected chi connectivity index (χ2v) is 4.74. The molecule has 0 atom stereocenters. The summed E-state index contributed by atoms with van der Waals surface area (Å²) in [6.07, 6.45) is 0. The van der Waals surface area contributed by atoms with Gasteiger partial charge in [0.25, 0.3) is 5.91 Å². The molecule has 1 aliphatic rings. The molecule has 4 nitrogen and oxygen atoms in total. The maximum absolute atomic E-state index is 12.9. The molecule has 1 N–H and O–H groups in total. The number of hydrogen-bond acceptors (Lipinski definition) is 3. The van der Waals surface area contributed by atoms with Crippen molar-refractivity contribution in [1.29, 1.82) is 0 Å². The summed E-state index contributed by atoms with van der Waals surface area (Å²) >= 11 is 5.82. The summed E-state index contributed by atoms with van der Waals surface area (Å²) in [7, 11) is 0. The predicted octanol–water partition coefficient (Wildman–Crippen LogP) is 1.54. The van der Waals surface area contributed by atoms with Gasteiger partial charge in [-0.1, -0.05) is 11.6 Å². The lowest BCUT2D eigenvalue weighted by atomic mass is 10.2. The van der Waals surface area contributed by atoms with Crippen LogP contribution in [0, 0.1) is 5.82 Å². The van der Waals surface area contributed by atoms with Gasteiger partial charge in [0.2, 0.25) is 0 Å². The molecular weight excluding hydrogens is 271 g/mol. The second kappa shape index (κ2) is 6.84. The minimum atomic E-state index is -0.449. The lowest BCUT2D eigenvalue weighted by Gasteiger charge is -2.26. The van der Waals surface area contributed by atoms with Crippen molar-refractivity contribution in [1.82, 2.24) is 10.2 Å². The van der Waals surface area contributed by atoms with Crippen LogP contribution in [0.5, 0.6) is 0 Å². The lowest BCUT2D eigenvalue weighted by molar-refractivity contribution is 0.0383. The third-order valence-electron chi connectivity index (χ3n) is 2.99. The standard InChI is InChI=1S/C13H16ClFN2O2/c14-12-9-10(15)1-2-11(12)13(18)16-3-4-17-5-7-19-8-6-17/h1-2,9H,3-8H2,(H,16,18). The smallest absolute Gasteiger partial charge is 0.252 e. The molecule has 1 amide bonds. The van der Waals surface area contributed by atoms with Gasteiger partial charge in [-0.25, -0.2) is 4.39 Å². The van der Waals surface area contributed by atoms with Gasteiger partial charge in [0.05, 0.1) is 23.8 Å². The van der Waals surface area contributed by atoms with Crippen LogP contribution in [0.3, 0.4) is 0 Å². The minimum Gasteiger partial charge on any atom is -0.379 e. The average Bonchev–Trinajstić information content (AvgIpc) is 2.39. The maximum atomic E-state index is 12.9. The molecule has 104 valence electrons. The topological polar surface area (TPSA) is 41.6 Å². The van der Waals surface area contributed by atoms with Gasteiger partial charge >= 0.3 is 0 Å². The molecule has 1 fully saturated rings. The lowest BCUT2D eigenvalue weighted by Crippen LogP contribution is -2.41. The molecular formula is C13H16ClFN2O2. The largest absolute Gasteiger partial charge is 0.379 e. The molecule has 0 spiro atoms. The predicted molar refractivity (Wildman–Crippen MR) is 71.0 cm³/mol. The molecule has 1 aliphatic heterocycles. The van der Waals surface area contributed by atoms with E-state index in [0.717, 1.165) is 38.9 Å². The SMILES string of the molecule is O=C(NCCN1CCOCC1)c1ccc(F)cc1Cl. The van der Waals surface area contributed by atoms with Crippen LogP contribution in [0.2, 0.25) is 5.02 Å². The molecule has 0 aromatic heterocycles. The zero-order valence-corrected chi connectivity index (χ0v) is 11.3. The molecule has 0 bridgehead atoms. The van der Waals surface area contributed by atoms with Gasteiger partial charge < -0.3 is 10.1 Å². The first-order chi connectivity index (χ1) is 9.16. The van der Waals surface area contributed by atoms with Gasteiger partial charge in [0, 0.05) is 26.2 Å². The van der Waals surface area contributed by atoms with Gasteiger partial charge in [-0.05, 0) is 18.2 Å². The Balaban J connectivity index is 1.80.